The minimum absolute atomic E-state index is 0.136. The lowest BCUT2D eigenvalue weighted by Crippen LogP contribution is -2.03. The van der Waals surface area contributed by atoms with Crippen molar-refractivity contribution < 1.29 is 9.90 Å². The molecule has 2 rings (SSSR count). The van der Waals surface area contributed by atoms with E-state index >= 15 is 0 Å². The zero-order chi connectivity index (χ0) is 12.4. The van der Waals surface area contributed by atoms with E-state index in [4.69, 9.17) is 5.11 Å². The average molecular weight is 250 g/mol. The monoisotopic (exact) mass is 250 g/mol. The molecule has 0 atom stereocenters. The van der Waals surface area contributed by atoms with Crippen molar-refractivity contribution in [3.63, 3.8) is 0 Å². The highest BCUT2D eigenvalue weighted by molar-refractivity contribution is 7.13. The van der Waals surface area contributed by atoms with Crippen molar-refractivity contribution in [2.45, 2.75) is 19.8 Å². The van der Waals surface area contributed by atoms with Gasteiger partial charge in [0.05, 0.1) is 12.1 Å². The molecule has 0 saturated carbocycles. The van der Waals surface area contributed by atoms with Crippen molar-refractivity contribution in [1.82, 2.24) is 9.78 Å². The molecule has 0 spiro atoms. The minimum Gasteiger partial charge on any atom is -0.481 e. The van der Waals surface area contributed by atoms with Gasteiger partial charge in [0.25, 0.3) is 0 Å². The molecule has 4 nitrogen and oxygen atoms in total. The van der Waals surface area contributed by atoms with Crippen LogP contribution in [0.2, 0.25) is 0 Å². The van der Waals surface area contributed by atoms with E-state index in [0.717, 1.165) is 21.8 Å². The largest absolute Gasteiger partial charge is 0.481 e. The van der Waals surface area contributed by atoms with Crippen LogP contribution in [0.3, 0.4) is 0 Å². The van der Waals surface area contributed by atoms with E-state index in [2.05, 4.69) is 5.10 Å². The molecule has 2 heterocycles. The number of rotatable bonds is 4. The van der Waals surface area contributed by atoms with Crippen LogP contribution in [0.5, 0.6) is 0 Å². The second-order valence-electron chi connectivity index (χ2n) is 3.90. The summed E-state index contributed by atoms with van der Waals surface area (Å²) in [5, 5.41) is 15.2. The van der Waals surface area contributed by atoms with E-state index < -0.39 is 5.97 Å². The van der Waals surface area contributed by atoms with Gasteiger partial charge in [-0.05, 0) is 18.4 Å². The summed E-state index contributed by atoms with van der Waals surface area (Å²) in [5.41, 5.74) is 3.03. The van der Waals surface area contributed by atoms with Crippen molar-refractivity contribution in [2.24, 2.45) is 7.05 Å². The number of hydrogen-bond acceptors (Lipinski definition) is 3. The third-order valence-electron chi connectivity index (χ3n) is 2.68. The van der Waals surface area contributed by atoms with Crippen molar-refractivity contribution in [2.75, 3.05) is 0 Å². The molecule has 0 aliphatic carbocycles. The molecule has 0 radical (unpaired) electrons. The van der Waals surface area contributed by atoms with Gasteiger partial charge in [0.2, 0.25) is 0 Å². The maximum atomic E-state index is 10.7. The molecular formula is C12H14N2O2S. The van der Waals surface area contributed by atoms with Crippen LogP contribution in [0.1, 0.15) is 17.8 Å². The SMILES string of the molecule is Cc1nn(C)c(CCC(=O)O)c1-c1cccs1. The van der Waals surface area contributed by atoms with Crippen LogP contribution in [0.25, 0.3) is 10.4 Å². The first-order valence-electron chi connectivity index (χ1n) is 5.37. The first-order valence-corrected chi connectivity index (χ1v) is 6.25. The lowest BCUT2D eigenvalue weighted by atomic mass is 10.1. The summed E-state index contributed by atoms with van der Waals surface area (Å²) >= 11 is 1.65. The fourth-order valence-electron chi connectivity index (χ4n) is 1.96. The highest BCUT2D eigenvalue weighted by Crippen LogP contribution is 2.31. The fraction of sp³-hybridized carbons (Fsp3) is 0.333. The first kappa shape index (κ1) is 11.9. The first-order chi connectivity index (χ1) is 8.09. The minimum atomic E-state index is -0.777. The van der Waals surface area contributed by atoms with Crippen LogP contribution >= 0.6 is 11.3 Å². The Kier molecular flexibility index (Phi) is 3.28. The molecule has 0 fully saturated rings. The van der Waals surface area contributed by atoms with Crippen molar-refractivity contribution in [3.8, 4) is 10.4 Å². The number of aryl methyl sites for hydroxylation is 2. The maximum Gasteiger partial charge on any atom is 0.303 e. The summed E-state index contributed by atoms with van der Waals surface area (Å²) in [6.07, 6.45) is 0.650. The Morgan fingerprint density at radius 1 is 1.59 bits per heavy atom. The summed E-state index contributed by atoms with van der Waals surface area (Å²) in [5.74, 6) is -0.777. The number of thiophene rings is 1. The van der Waals surface area contributed by atoms with Crippen molar-refractivity contribution in [1.29, 1.82) is 0 Å². The van der Waals surface area contributed by atoms with Crippen molar-refractivity contribution >= 4 is 17.3 Å². The Labute approximate surface area is 104 Å². The normalized spacial score (nSPS) is 10.7. The van der Waals surface area contributed by atoms with E-state index in [1.54, 1.807) is 16.0 Å². The van der Waals surface area contributed by atoms with Gasteiger partial charge in [0, 0.05) is 29.6 Å². The molecule has 0 amide bonds. The Morgan fingerprint density at radius 3 is 2.94 bits per heavy atom. The third kappa shape index (κ3) is 2.39. The number of aromatic nitrogens is 2. The van der Waals surface area contributed by atoms with E-state index in [-0.39, 0.29) is 6.42 Å². The van der Waals surface area contributed by atoms with Crippen LogP contribution in [0.4, 0.5) is 0 Å². The average Bonchev–Trinajstić information content (AvgIpc) is 2.83. The molecule has 5 heteroatoms. The van der Waals surface area contributed by atoms with Crippen LogP contribution < -0.4 is 0 Å². The topological polar surface area (TPSA) is 55.1 Å². The quantitative estimate of drug-likeness (QED) is 0.907. The van der Waals surface area contributed by atoms with Gasteiger partial charge in [0.15, 0.2) is 0 Å². The number of carboxylic acid groups (broad SMARTS) is 1. The van der Waals surface area contributed by atoms with E-state index in [9.17, 15) is 4.79 Å². The Bertz CT molecular complexity index is 529. The van der Waals surface area contributed by atoms with E-state index in [0.29, 0.717) is 6.42 Å². The maximum absolute atomic E-state index is 10.7. The summed E-state index contributed by atoms with van der Waals surface area (Å²) < 4.78 is 1.79. The van der Waals surface area contributed by atoms with Gasteiger partial charge in [-0.15, -0.1) is 11.3 Å². The van der Waals surface area contributed by atoms with E-state index in [1.807, 2.05) is 31.5 Å². The predicted molar refractivity (Wildman–Crippen MR) is 67.2 cm³/mol. The molecule has 0 aliphatic heterocycles. The van der Waals surface area contributed by atoms with Gasteiger partial charge in [-0.25, -0.2) is 0 Å². The molecule has 90 valence electrons. The second-order valence-corrected chi connectivity index (χ2v) is 4.85. The summed E-state index contributed by atoms with van der Waals surface area (Å²) in [7, 11) is 1.86. The van der Waals surface area contributed by atoms with Crippen LogP contribution in [0.15, 0.2) is 17.5 Å². The Hall–Kier alpha value is -1.62. The lowest BCUT2D eigenvalue weighted by molar-refractivity contribution is -0.136. The Balaban J connectivity index is 2.40. The zero-order valence-electron chi connectivity index (χ0n) is 9.80. The number of carboxylic acids is 1. The van der Waals surface area contributed by atoms with Crippen LogP contribution in [-0.4, -0.2) is 20.9 Å². The Morgan fingerprint density at radius 2 is 2.35 bits per heavy atom. The van der Waals surface area contributed by atoms with Crippen molar-refractivity contribution in [3.05, 3.63) is 28.9 Å². The highest BCUT2D eigenvalue weighted by Gasteiger charge is 2.16. The summed E-state index contributed by atoms with van der Waals surface area (Å²) in [6.45, 7) is 1.96. The van der Waals surface area contributed by atoms with Gasteiger partial charge in [-0.2, -0.15) is 5.10 Å². The van der Waals surface area contributed by atoms with Gasteiger partial charge in [0.1, 0.15) is 0 Å². The molecule has 0 aromatic carbocycles. The number of hydrogen-bond donors (Lipinski definition) is 1. The number of carbonyl (C=O) groups is 1. The fourth-order valence-corrected chi connectivity index (χ4v) is 2.80. The highest BCUT2D eigenvalue weighted by atomic mass is 32.1. The van der Waals surface area contributed by atoms with Gasteiger partial charge >= 0.3 is 5.97 Å². The summed E-state index contributed by atoms with van der Waals surface area (Å²) in [4.78, 5) is 11.8. The molecule has 1 N–H and O–H groups in total. The zero-order valence-corrected chi connectivity index (χ0v) is 10.6. The molecule has 17 heavy (non-hydrogen) atoms. The molecular weight excluding hydrogens is 236 g/mol. The molecule has 2 aromatic heterocycles. The van der Waals surface area contributed by atoms with Crippen LogP contribution in [0, 0.1) is 6.92 Å². The number of nitrogens with zero attached hydrogens (tertiary/aromatic N) is 2. The molecule has 0 unspecified atom stereocenters. The predicted octanol–water partition coefficient (Wildman–Crippen LogP) is 2.47. The standard InChI is InChI=1S/C12H14N2O2S/c1-8-12(10-4-3-7-17-10)9(14(2)13-8)5-6-11(15)16/h3-4,7H,5-6H2,1-2H3,(H,15,16). The third-order valence-corrected chi connectivity index (χ3v) is 3.57. The summed E-state index contributed by atoms with van der Waals surface area (Å²) in [6, 6.07) is 4.03. The van der Waals surface area contributed by atoms with Crippen LogP contribution in [-0.2, 0) is 18.3 Å². The smallest absolute Gasteiger partial charge is 0.303 e. The molecule has 0 saturated heterocycles. The van der Waals surface area contributed by atoms with Gasteiger partial charge < -0.3 is 5.11 Å². The molecule has 0 bridgehead atoms. The van der Waals surface area contributed by atoms with E-state index in [1.165, 1.54) is 0 Å². The second kappa shape index (κ2) is 4.71. The lowest BCUT2D eigenvalue weighted by Gasteiger charge is -2.03. The number of aliphatic carboxylic acids is 1. The molecule has 2 aromatic rings. The molecule has 0 aliphatic rings. The van der Waals surface area contributed by atoms with Gasteiger partial charge in [-0.1, -0.05) is 6.07 Å². The van der Waals surface area contributed by atoms with Gasteiger partial charge in [-0.3, -0.25) is 9.48 Å².